The molecule has 1 fully saturated rings. The molecule has 0 bridgehead atoms. The van der Waals surface area contributed by atoms with Crippen molar-refractivity contribution in [2.24, 2.45) is 4.99 Å². The first kappa shape index (κ1) is 25.7. The van der Waals surface area contributed by atoms with Gasteiger partial charge in [0.1, 0.15) is 0 Å². The summed E-state index contributed by atoms with van der Waals surface area (Å²) in [5.74, 6) is -0.398. The van der Waals surface area contributed by atoms with Gasteiger partial charge in [-0.2, -0.15) is 0 Å². The summed E-state index contributed by atoms with van der Waals surface area (Å²) in [5.41, 5.74) is 5.21. The molecule has 2 N–H and O–H groups in total. The fourth-order valence-electron chi connectivity index (χ4n) is 4.99. The maximum atomic E-state index is 12.2. The van der Waals surface area contributed by atoms with Crippen LogP contribution in [0.2, 0.25) is 0 Å². The molecular formula is C31H33N3O4. The summed E-state index contributed by atoms with van der Waals surface area (Å²) < 4.78 is 10.6. The highest BCUT2D eigenvalue weighted by molar-refractivity contribution is 6.22. The molecule has 4 aromatic rings. The van der Waals surface area contributed by atoms with Crippen LogP contribution in [0.15, 0.2) is 77.8 Å². The number of ether oxygens (including phenoxy) is 2. The van der Waals surface area contributed by atoms with Gasteiger partial charge in [-0.3, -0.25) is 4.90 Å². The molecule has 0 aliphatic carbocycles. The molecule has 196 valence electrons. The molecule has 38 heavy (non-hydrogen) atoms. The number of carbonyl (C=O) groups excluding carboxylic acids is 1. The number of likely N-dealkylation sites (tertiary alicyclic amines) is 1. The summed E-state index contributed by atoms with van der Waals surface area (Å²) in [4.78, 5) is 22.7. The number of aliphatic imine (C=N–C) groups is 1. The van der Waals surface area contributed by atoms with Crippen molar-refractivity contribution in [3.8, 4) is 5.88 Å². The van der Waals surface area contributed by atoms with Crippen molar-refractivity contribution in [1.82, 2.24) is 9.88 Å². The van der Waals surface area contributed by atoms with Crippen molar-refractivity contribution in [3.05, 3.63) is 95.1 Å². The Kier molecular flexibility index (Phi) is 7.86. The van der Waals surface area contributed by atoms with E-state index in [-0.39, 0.29) is 5.88 Å². The fraction of sp³-hybridized carbons (Fsp3) is 0.290. The first-order chi connectivity index (χ1) is 18.6. The molecule has 7 nitrogen and oxygen atoms in total. The Balaban J connectivity index is 1.46. The third-order valence-corrected chi connectivity index (χ3v) is 7.03. The van der Waals surface area contributed by atoms with Crippen LogP contribution in [0.25, 0.3) is 10.9 Å². The molecule has 3 aromatic carbocycles. The average molecular weight is 512 g/mol. The van der Waals surface area contributed by atoms with E-state index in [1.54, 1.807) is 26.2 Å². The molecule has 1 aliphatic heterocycles. The van der Waals surface area contributed by atoms with Crippen molar-refractivity contribution in [3.63, 3.8) is 0 Å². The number of methoxy groups -OCH3 is 1. The first-order valence-corrected chi connectivity index (χ1v) is 13.1. The lowest BCUT2D eigenvalue weighted by atomic mass is 10.00. The SMILES string of the molecule is CCOC(=O)c1ccc2c(C(=Nc3ccc(CN4CCC(OC)CC4)cc3)c3ccccc3)c(O)[nH]c2c1. The van der Waals surface area contributed by atoms with Crippen LogP contribution in [-0.2, 0) is 16.0 Å². The number of hydrogen-bond acceptors (Lipinski definition) is 6. The quantitative estimate of drug-likeness (QED) is 0.230. The monoisotopic (exact) mass is 511 g/mol. The lowest BCUT2D eigenvalue weighted by molar-refractivity contribution is 0.0388. The summed E-state index contributed by atoms with van der Waals surface area (Å²) in [6, 6.07) is 23.3. The van der Waals surface area contributed by atoms with Crippen LogP contribution < -0.4 is 0 Å². The number of benzene rings is 3. The van der Waals surface area contributed by atoms with Crippen LogP contribution in [-0.4, -0.2) is 59.6 Å². The van der Waals surface area contributed by atoms with Crippen molar-refractivity contribution < 1.29 is 19.4 Å². The highest BCUT2D eigenvalue weighted by atomic mass is 16.5. The van der Waals surface area contributed by atoms with Crippen LogP contribution in [0.5, 0.6) is 5.88 Å². The Labute approximate surface area is 222 Å². The van der Waals surface area contributed by atoms with Gasteiger partial charge < -0.3 is 19.6 Å². The molecule has 7 heteroatoms. The van der Waals surface area contributed by atoms with E-state index in [0.717, 1.165) is 49.1 Å². The van der Waals surface area contributed by atoms with Crippen molar-refractivity contribution in [2.75, 3.05) is 26.8 Å². The number of nitrogens with zero attached hydrogens (tertiary/aromatic N) is 2. The van der Waals surface area contributed by atoms with E-state index in [4.69, 9.17) is 14.5 Å². The standard InChI is InChI=1S/C31H33N3O4/c1-3-38-31(36)23-11-14-26-27(19-23)33-30(35)28(26)29(22-7-5-4-6-8-22)32-24-12-9-21(10-13-24)20-34-17-15-25(37-2)16-18-34/h4-14,19,25,33,35H,3,15-18,20H2,1-2H3. The van der Waals surface area contributed by atoms with E-state index in [2.05, 4.69) is 22.0 Å². The van der Waals surface area contributed by atoms with E-state index in [0.29, 0.717) is 35.1 Å². The first-order valence-electron chi connectivity index (χ1n) is 13.1. The van der Waals surface area contributed by atoms with Gasteiger partial charge in [0.25, 0.3) is 0 Å². The lowest BCUT2D eigenvalue weighted by Crippen LogP contribution is -2.36. The number of piperidine rings is 1. The molecule has 5 rings (SSSR count). The number of aromatic hydroxyl groups is 1. The van der Waals surface area contributed by atoms with Gasteiger partial charge in [0.2, 0.25) is 0 Å². The zero-order valence-corrected chi connectivity index (χ0v) is 21.8. The van der Waals surface area contributed by atoms with Crippen LogP contribution in [0, 0.1) is 0 Å². The molecule has 1 aliphatic rings. The Hall–Kier alpha value is -3.94. The Bertz CT molecular complexity index is 1420. The number of aromatic nitrogens is 1. The van der Waals surface area contributed by atoms with E-state index in [1.165, 1.54) is 5.56 Å². The molecule has 0 unspecified atom stereocenters. The van der Waals surface area contributed by atoms with Gasteiger partial charge in [0.15, 0.2) is 5.88 Å². The van der Waals surface area contributed by atoms with Gasteiger partial charge >= 0.3 is 5.97 Å². The Morgan fingerprint density at radius 2 is 1.76 bits per heavy atom. The van der Waals surface area contributed by atoms with E-state index < -0.39 is 5.97 Å². The largest absolute Gasteiger partial charge is 0.494 e. The molecule has 0 amide bonds. The number of aromatic amines is 1. The molecule has 0 atom stereocenters. The van der Waals surface area contributed by atoms with E-state index in [1.807, 2.05) is 48.5 Å². The second kappa shape index (κ2) is 11.6. The lowest BCUT2D eigenvalue weighted by Gasteiger charge is -2.31. The zero-order chi connectivity index (χ0) is 26.5. The molecule has 0 radical (unpaired) electrons. The van der Waals surface area contributed by atoms with Crippen LogP contribution in [0.3, 0.4) is 0 Å². The number of esters is 1. The number of fused-ring (bicyclic) bond motifs is 1. The molecular weight excluding hydrogens is 478 g/mol. The van der Waals surface area contributed by atoms with Crippen molar-refractivity contribution in [2.45, 2.75) is 32.4 Å². The second-order valence-electron chi connectivity index (χ2n) is 9.53. The third-order valence-electron chi connectivity index (χ3n) is 7.03. The number of hydrogen-bond donors (Lipinski definition) is 2. The maximum absolute atomic E-state index is 12.2. The van der Waals surface area contributed by atoms with Gasteiger partial charge in [-0.05, 0) is 49.6 Å². The van der Waals surface area contributed by atoms with Crippen LogP contribution in [0.4, 0.5) is 5.69 Å². The second-order valence-corrected chi connectivity index (χ2v) is 9.53. The topological polar surface area (TPSA) is 87.2 Å². The van der Waals surface area contributed by atoms with Gasteiger partial charge in [0.05, 0.1) is 35.2 Å². The summed E-state index contributed by atoms with van der Waals surface area (Å²) in [6.07, 6.45) is 2.50. The van der Waals surface area contributed by atoms with E-state index >= 15 is 0 Å². The highest BCUT2D eigenvalue weighted by Crippen LogP contribution is 2.32. The van der Waals surface area contributed by atoms with Gasteiger partial charge in [-0.25, -0.2) is 9.79 Å². The van der Waals surface area contributed by atoms with E-state index in [9.17, 15) is 9.90 Å². The van der Waals surface area contributed by atoms with Gasteiger partial charge in [0, 0.05) is 43.2 Å². The van der Waals surface area contributed by atoms with Crippen molar-refractivity contribution in [1.29, 1.82) is 0 Å². The molecule has 0 spiro atoms. The fourth-order valence-corrected chi connectivity index (χ4v) is 4.99. The third kappa shape index (κ3) is 5.64. The highest BCUT2D eigenvalue weighted by Gasteiger charge is 2.21. The Morgan fingerprint density at radius 1 is 1.03 bits per heavy atom. The molecule has 2 heterocycles. The molecule has 1 saturated heterocycles. The maximum Gasteiger partial charge on any atom is 0.338 e. The minimum atomic E-state index is -0.398. The van der Waals surface area contributed by atoms with Gasteiger partial charge in [-0.15, -0.1) is 0 Å². The summed E-state index contributed by atoms with van der Waals surface area (Å²) in [6.45, 7) is 5.05. The predicted molar refractivity (Wildman–Crippen MR) is 149 cm³/mol. The summed E-state index contributed by atoms with van der Waals surface area (Å²) >= 11 is 0. The minimum absolute atomic E-state index is 0.000284. The molecule has 1 aromatic heterocycles. The number of nitrogens with one attached hydrogen (secondary N) is 1. The van der Waals surface area contributed by atoms with Crippen LogP contribution in [0.1, 0.15) is 46.8 Å². The summed E-state index contributed by atoms with van der Waals surface area (Å²) in [7, 11) is 1.79. The van der Waals surface area contributed by atoms with Crippen LogP contribution >= 0.6 is 0 Å². The number of rotatable bonds is 8. The minimum Gasteiger partial charge on any atom is -0.494 e. The smallest absolute Gasteiger partial charge is 0.338 e. The van der Waals surface area contributed by atoms with Gasteiger partial charge in [-0.1, -0.05) is 48.5 Å². The average Bonchev–Trinajstić information content (AvgIpc) is 3.28. The molecule has 0 saturated carbocycles. The number of carbonyl (C=O) groups is 1. The summed E-state index contributed by atoms with van der Waals surface area (Å²) in [5, 5.41) is 11.7. The van der Waals surface area contributed by atoms with Crippen molar-refractivity contribution >= 4 is 28.3 Å². The zero-order valence-electron chi connectivity index (χ0n) is 21.8. The Morgan fingerprint density at radius 3 is 2.45 bits per heavy atom. The predicted octanol–water partition coefficient (Wildman–Crippen LogP) is 5.83. The number of H-pyrrole nitrogens is 1. The normalized spacial score (nSPS) is 15.2.